The topological polar surface area (TPSA) is 110 Å². The molecule has 0 radical (unpaired) electrons. The van der Waals surface area contributed by atoms with Gasteiger partial charge in [0.25, 0.3) is 5.69 Å². The molecule has 23 heavy (non-hydrogen) atoms. The van der Waals surface area contributed by atoms with E-state index in [4.69, 9.17) is 5.73 Å². The van der Waals surface area contributed by atoms with E-state index >= 15 is 0 Å². The maximum absolute atomic E-state index is 12.1. The molecular weight excluding hydrogens is 320 g/mol. The highest BCUT2D eigenvalue weighted by atomic mass is 35.5. The van der Waals surface area contributed by atoms with Crippen LogP contribution in [0.15, 0.2) is 24.3 Å². The maximum Gasteiger partial charge on any atom is 0.292 e. The minimum Gasteiger partial charge on any atom is -0.378 e. The molecule has 0 spiro atoms. The molecule has 1 amide bonds. The Hall–Kier alpha value is -1.86. The van der Waals surface area contributed by atoms with E-state index in [0.717, 1.165) is 19.3 Å². The zero-order valence-corrected chi connectivity index (χ0v) is 13.7. The number of para-hydroxylation sites is 2. The summed E-state index contributed by atoms with van der Waals surface area (Å²) in [6.45, 7) is 1.42. The minimum absolute atomic E-state index is 0. The molecule has 128 valence electrons. The number of carbonyl (C=O) groups excluding carboxylic acids is 1. The monoisotopic (exact) mass is 342 g/mol. The predicted molar refractivity (Wildman–Crippen MR) is 91.7 cm³/mol. The normalized spacial score (nSPS) is 19.7. The van der Waals surface area contributed by atoms with Crippen molar-refractivity contribution in [3.05, 3.63) is 34.4 Å². The minimum atomic E-state index is -0.425. The average Bonchev–Trinajstić information content (AvgIpc) is 3.00. The summed E-state index contributed by atoms with van der Waals surface area (Å²) in [6, 6.07) is 6.46. The Morgan fingerprint density at radius 1 is 1.30 bits per heavy atom. The van der Waals surface area contributed by atoms with Crippen molar-refractivity contribution in [3.63, 3.8) is 0 Å². The molecule has 0 unspecified atom stereocenters. The van der Waals surface area contributed by atoms with E-state index in [1.54, 1.807) is 18.2 Å². The number of rotatable bonds is 7. The number of nitrogens with two attached hydrogens (primary N) is 1. The highest BCUT2D eigenvalue weighted by Crippen LogP contribution is 2.30. The fraction of sp³-hybridized carbons (Fsp3) is 0.533. The number of halogens is 1. The first-order valence-electron chi connectivity index (χ1n) is 7.58. The SMILES string of the molecule is Cl.NC[C@H]1CCC[C@H]1C(=O)NCCNc1ccccc1[N+](=O)[O-]. The molecule has 0 bridgehead atoms. The first-order chi connectivity index (χ1) is 10.6. The second-order valence-corrected chi connectivity index (χ2v) is 5.53. The number of carbonyl (C=O) groups is 1. The Morgan fingerprint density at radius 3 is 2.74 bits per heavy atom. The second-order valence-electron chi connectivity index (χ2n) is 5.53. The van der Waals surface area contributed by atoms with Crippen molar-refractivity contribution in [2.75, 3.05) is 25.0 Å². The molecule has 2 atom stereocenters. The lowest BCUT2D eigenvalue weighted by molar-refractivity contribution is -0.384. The fourth-order valence-corrected chi connectivity index (χ4v) is 2.96. The number of benzene rings is 1. The summed E-state index contributed by atoms with van der Waals surface area (Å²) in [7, 11) is 0. The van der Waals surface area contributed by atoms with Crippen molar-refractivity contribution in [1.29, 1.82) is 0 Å². The van der Waals surface area contributed by atoms with E-state index in [0.29, 0.717) is 25.3 Å². The van der Waals surface area contributed by atoms with Crippen LogP contribution in [0.25, 0.3) is 0 Å². The molecular formula is C15H23ClN4O3. The molecule has 0 heterocycles. The predicted octanol–water partition coefficient (Wildman–Crippen LogP) is 1.92. The Morgan fingerprint density at radius 2 is 2.04 bits per heavy atom. The van der Waals surface area contributed by atoms with Crippen LogP contribution in [0.5, 0.6) is 0 Å². The van der Waals surface area contributed by atoms with Crippen molar-refractivity contribution in [2.45, 2.75) is 19.3 Å². The molecule has 1 aromatic rings. The maximum atomic E-state index is 12.1. The third-order valence-corrected chi connectivity index (χ3v) is 4.14. The second kappa shape index (κ2) is 9.32. The molecule has 2 rings (SSSR count). The van der Waals surface area contributed by atoms with Gasteiger partial charge in [0.05, 0.1) is 4.92 Å². The molecule has 1 aliphatic carbocycles. The van der Waals surface area contributed by atoms with E-state index in [1.807, 2.05) is 0 Å². The van der Waals surface area contributed by atoms with Crippen LogP contribution in [-0.2, 0) is 4.79 Å². The van der Waals surface area contributed by atoms with Crippen LogP contribution in [0, 0.1) is 22.0 Å². The molecule has 0 aliphatic heterocycles. The molecule has 1 aliphatic rings. The molecule has 8 heteroatoms. The Kier molecular flexibility index (Phi) is 7.77. The van der Waals surface area contributed by atoms with Gasteiger partial charge in [0.1, 0.15) is 5.69 Å². The first-order valence-corrected chi connectivity index (χ1v) is 7.58. The highest BCUT2D eigenvalue weighted by molar-refractivity contribution is 5.85. The summed E-state index contributed by atoms with van der Waals surface area (Å²) in [4.78, 5) is 22.6. The average molecular weight is 343 g/mol. The van der Waals surface area contributed by atoms with E-state index < -0.39 is 4.92 Å². The van der Waals surface area contributed by atoms with Gasteiger partial charge in [-0.1, -0.05) is 18.6 Å². The van der Waals surface area contributed by atoms with Crippen LogP contribution in [0.1, 0.15) is 19.3 Å². The summed E-state index contributed by atoms with van der Waals surface area (Å²) < 4.78 is 0. The van der Waals surface area contributed by atoms with Crippen LogP contribution < -0.4 is 16.4 Å². The van der Waals surface area contributed by atoms with Gasteiger partial charge >= 0.3 is 0 Å². The summed E-state index contributed by atoms with van der Waals surface area (Å²) in [5.74, 6) is 0.330. The van der Waals surface area contributed by atoms with Gasteiger partial charge in [-0.3, -0.25) is 14.9 Å². The molecule has 1 aromatic carbocycles. The van der Waals surface area contributed by atoms with Gasteiger partial charge in [-0.2, -0.15) is 0 Å². The van der Waals surface area contributed by atoms with Crippen LogP contribution in [0.4, 0.5) is 11.4 Å². The summed E-state index contributed by atoms with van der Waals surface area (Å²) in [6.07, 6.45) is 2.96. The highest BCUT2D eigenvalue weighted by Gasteiger charge is 2.31. The lowest BCUT2D eigenvalue weighted by atomic mass is 9.95. The largest absolute Gasteiger partial charge is 0.378 e. The van der Waals surface area contributed by atoms with Crippen LogP contribution in [-0.4, -0.2) is 30.5 Å². The molecule has 0 aromatic heterocycles. The molecule has 0 saturated heterocycles. The Balaban J connectivity index is 0.00000264. The van der Waals surface area contributed by atoms with Crippen molar-refractivity contribution >= 4 is 29.7 Å². The number of nitrogens with zero attached hydrogens (tertiary/aromatic N) is 1. The van der Waals surface area contributed by atoms with Crippen LogP contribution in [0.2, 0.25) is 0 Å². The number of nitrogens with one attached hydrogen (secondary N) is 2. The molecule has 7 nitrogen and oxygen atoms in total. The number of hydrogen-bond donors (Lipinski definition) is 3. The Labute approximate surface area is 141 Å². The van der Waals surface area contributed by atoms with E-state index in [2.05, 4.69) is 10.6 Å². The van der Waals surface area contributed by atoms with Gasteiger partial charge in [0.2, 0.25) is 5.91 Å². The Bertz CT molecular complexity index is 541. The van der Waals surface area contributed by atoms with Crippen molar-refractivity contribution in [3.8, 4) is 0 Å². The molecule has 1 fully saturated rings. The number of nitro benzene ring substituents is 1. The van der Waals surface area contributed by atoms with Crippen molar-refractivity contribution in [1.82, 2.24) is 5.32 Å². The van der Waals surface area contributed by atoms with Crippen molar-refractivity contribution < 1.29 is 9.72 Å². The lowest BCUT2D eigenvalue weighted by Gasteiger charge is -2.17. The van der Waals surface area contributed by atoms with Gasteiger partial charge in [0, 0.05) is 25.1 Å². The van der Waals surface area contributed by atoms with Gasteiger partial charge in [-0.15, -0.1) is 12.4 Å². The van der Waals surface area contributed by atoms with Gasteiger partial charge in [-0.25, -0.2) is 0 Å². The van der Waals surface area contributed by atoms with E-state index in [1.165, 1.54) is 6.07 Å². The smallest absolute Gasteiger partial charge is 0.292 e. The number of nitro groups is 1. The summed E-state index contributed by atoms with van der Waals surface area (Å²) in [5, 5.41) is 16.8. The first kappa shape index (κ1) is 19.2. The van der Waals surface area contributed by atoms with Crippen LogP contribution in [0.3, 0.4) is 0 Å². The van der Waals surface area contributed by atoms with Gasteiger partial charge in [0.15, 0.2) is 0 Å². The van der Waals surface area contributed by atoms with Crippen LogP contribution >= 0.6 is 12.4 Å². The molecule has 4 N–H and O–H groups in total. The molecule has 1 saturated carbocycles. The third-order valence-electron chi connectivity index (χ3n) is 4.14. The number of hydrogen-bond acceptors (Lipinski definition) is 5. The fourth-order valence-electron chi connectivity index (χ4n) is 2.96. The summed E-state index contributed by atoms with van der Waals surface area (Å²) >= 11 is 0. The quantitative estimate of drug-likeness (QED) is 0.398. The third kappa shape index (κ3) is 5.07. The van der Waals surface area contributed by atoms with Gasteiger partial charge < -0.3 is 16.4 Å². The summed E-state index contributed by atoms with van der Waals surface area (Å²) in [5.41, 5.74) is 6.18. The van der Waals surface area contributed by atoms with Gasteiger partial charge in [-0.05, 0) is 31.4 Å². The zero-order valence-electron chi connectivity index (χ0n) is 12.9. The number of anilines is 1. The number of amides is 1. The van der Waals surface area contributed by atoms with E-state index in [9.17, 15) is 14.9 Å². The van der Waals surface area contributed by atoms with E-state index in [-0.39, 0.29) is 35.8 Å². The lowest BCUT2D eigenvalue weighted by Crippen LogP contribution is -2.37. The van der Waals surface area contributed by atoms with Crippen molar-refractivity contribution in [2.24, 2.45) is 17.6 Å². The standard InChI is InChI=1S/C15H22N4O3.ClH/c16-10-11-4-3-5-12(11)15(20)18-9-8-17-13-6-1-2-7-14(13)19(21)22;/h1-2,6-7,11-12,17H,3-5,8-10,16H2,(H,18,20);1H/t11-,12-;/m1./s1. The zero-order chi connectivity index (χ0) is 15.9.